The van der Waals surface area contributed by atoms with Crippen LogP contribution in [0.1, 0.15) is 20.3 Å². The molecular weight excluding hydrogens is 306 g/mol. The lowest BCUT2D eigenvalue weighted by molar-refractivity contribution is -0.120. The minimum absolute atomic E-state index is 0.0636. The van der Waals surface area contributed by atoms with Gasteiger partial charge in [-0.25, -0.2) is 0 Å². The van der Waals surface area contributed by atoms with Gasteiger partial charge in [0.05, 0.1) is 17.8 Å². The van der Waals surface area contributed by atoms with E-state index in [1.807, 2.05) is 4.90 Å². The molecule has 128 valence electrons. The highest BCUT2D eigenvalue weighted by Crippen LogP contribution is 2.27. The van der Waals surface area contributed by atoms with E-state index in [4.69, 9.17) is 0 Å². The maximum absolute atomic E-state index is 12.4. The quantitative estimate of drug-likeness (QED) is 0.841. The molecular formula is C16H22F2N2O3. The van der Waals surface area contributed by atoms with Gasteiger partial charge < -0.3 is 15.2 Å². The molecule has 1 saturated heterocycles. The van der Waals surface area contributed by atoms with Crippen molar-refractivity contribution in [2.75, 3.05) is 18.4 Å². The average Bonchev–Trinajstić information content (AvgIpc) is 2.98. The summed E-state index contributed by atoms with van der Waals surface area (Å²) in [6.07, 6.45) is 0.427. The molecule has 0 aliphatic carbocycles. The van der Waals surface area contributed by atoms with Crippen molar-refractivity contribution in [2.45, 2.75) is 39.0 Å². The molecule has 1 aromatic rings. The third-order valence-electron chi connectivity index (χ3n) is 4.23. The van der Waals surface area contributed by atoms with Gasteiger partial charge in [0.2, 0.25) is 5.91 Å². The van der Waals surface area contributed by atoms with Crippen LogP contribution in [0.15, 0.2) is 24.3 Å². The number of para-hydroxylation sites is 2. The minimum atomic E-state index is -2.95. The van der Waals surface area contributed by atoms with Crippen molar-refractivity contribution in [1.82, 2.24) is 4.90 Å². The van der Waals surface area contributed by atoms with Crippen molar-refractivity contribution in [1.29, 1.82) is 0 Å². The van der Waals surface area contributed by atoms with Crippen LogP contribution in [0.2, 0.25) is 0 Å². The van der Waals surface area contributed by atoms with Crippen molar-refractivity contribution in [3.63, 3.8) is 0 Å². The summed E-state index contributed by atoms with van der Waals surface area (Å²) in [6, 6.07) is 5.68. The van der Waals surface area contributed by atoms with E-state index >= 15 is 0 Å². The highest BCUT2D eigenvalue weighted by Gasteiger charge is 2.31. The highest BCUT2D eigenvalue weighted by molar-refractivity contribution is 5.95. The number of aliphatic hydroxyl groups is 1. The van der Waals surface area contributed by atoms with E-state index in [1.54, 1.807) is 26.0 Å². The summed E-state index contributed by atoms with van der Waals surface area (Å²) in [5, 5.41) is 12.3. The van der Waals surface area contributed by atoms with E-state index in [9.17, 15) is 18.7 Å². The van der Waals surface area contributed by atoms with Gasteiger partial charge in [-0.05, 0) is 44.9 Å². The van der Waals surface area contributed by atoms with Crippen LogP contribution < -0.4 is 10.1 Å². The van der Waals surface area contributed by atoms with E-state index in [1.165, 1.54) is 12.1 Å². The van der Waals surface area contributed by atoms with E-state index < -0.39 is 18.8 Å². The first-order valence-electron chi connectivity index (χ1n) is 7.65. The van der Waals surface area contributed by atoms with Crippen LogP contribution in [0.5, 0.6) is 5.75 Å². The van der Waals surface area contributed by atoms with E-state index in [0.717, 1.165) is 13.0 Å². The summed E-state index contributed by atoms with van der Waals surface area (Å²) in [5.74, 6) is -0.201. The highest BCUT2D eigenvalue weighted by atomic mass is 19.3. The molecule has 1 aromatic carbocycles. The topological polar surface area (TPSA) is 61.8 Å². The van der Waals surface area contributed by atoms with Gasteiger partial charge in [-0.15, -0.1) is 0 Å². The number of alkyl halides is 2. The molecule has 0 saturated carbocycles. The molecule has 1 fully saturated rings. The zero-order valence-corrected chi connectivity index (χ0v) is 13.2. The predicted molar refractivity (Wildman–Crippen MR) is 82.5 cm³/mol. The molecule has 1 aliphatic rings. The number of likely N-dealkylation sites (tertiary alicyclic amines) is 1. The lowest BCUT2D eigenvalue weighted by Gasteiger charge is -2.24. The van der Waals surface area contributed by atoms with Crippen LogP contribution in [0.3, 0.4) is 0 Å². The van der Waals surface area contributed by atoms with E-state index in [0.29, 0.717) is 6.54 Å². The van der Waals surface area contributed by atoms with Crippen LogP contribution in [0.4, 0.5) is 14.5 Å². The fraction of sp³-hybridized carbons (Fsp3) is 0.562. The first-order valence-corrected chi connectivity index (χ1v) is 7.65. The van der Waals surface area contributed by atoms with Gasteiger partial charge in [0, 0.05) is 6.54 Å². The Kier molecular flexibility index (Phi) is 5.90. The fourth-order valence-electron chi connectivity index (χ4n) is 2.73. The molecule has 0 bridgehead atoms. The molecule has 3 unspecified atom stereocenters. The number of ether oxygens (including phenoxy) is 1. The standard InChI is InChI=1S/C16H22F2N2O3/c1-10(20-8-7-12(9-20)11(2)21)15(22)19-13-5-3-4-6-14(13)23-16(17)18/h3-6,10-12,16,21H,7-9H2,1-2H3,(H,19,22). The summed E-state index contributed by atoms with van der Waals surface area (Å²) in [5.41, 5.74) is 0.218. The monoisotopic (exact) mass is 328 g/mol. The second-order valence-corrected chi connectivity index (χ2v) is 5.82. The summed E-state index contributed by atoms with van der Waals surface area (Å²) in [6.45, 7) is 1.92. The number of halogens is 2. The Labute approximate surface area is 134 Å². The number of aliphatic hydroxyl groups excluding tert-OH is 1. The number of carbonyl (C=O) groups is 1. The molecule has 2 rings (SSSR count). The molecule has 0 radical (unpaired) electrons. The second-order valence-electron chi connectivity index (χ2n) is 5.82. The summed E-state index contributed by atoms with van der Waals surface area (Å²) < 4.78 is 29.2. The lowest BCUT2D eigenvalue weighted by atomic mass is 10.0. The Morgan fingerprint density at radius 2 is 2.09 bits per heavy atom. The van der Waals surface area contributed by atoms with Crippen LogP contribution in [-0.4, -0.2) is 47.8 Å². The lowest BCUT2D eigenvalue weighted by Crippen LogP contribution is -2.41. The Hall–Kier alpha value is -1.73. The Morgan fingerprint density at radius 3 is 2.70 bits per heavy atom. The van der Waals surface area contributed by atoms with Crippen molar-refractivity contribution in [3.05, 3.63) is 24.3 Å². The van der Waals surface area contributed by atoms with Gasteiger partial charge in [0.25, 0.3) is 0 Å². The molecule has 1 heterocycles. The number of rotatable bonds is 6. The summed E-state index contributed by atoms with van der Waals surface area (Å²) >= 11 is 0. The van der Waals surface area contributed by atoms with Crippen LogP contribution in [-0.2, 0) is 4.79 Å². The molecule has 0 aromatic heterocycles. The number of nitrogens with zero attached hydrogens (tertiary/aromatic N) is 1. The van der Waals surface area contributed by atoms with Gasteiger partial charge in [-0.3, -0.25) is 9.69 Å². The number of hydrogen-bond acceptors (Lipinski definition) is 4. The summed E-state index contributed by atoms with van der Waals surface area (Å²) in [4.78, 5) is 14.3. The van der Waals surface area contributed by atoms with Crippen molar-refractivity contribution < 1.29 is 23.4 Å². The Morgan fingerprint density at radius 1 is 1.39 bits per heavy atom. The van der Waals surface area contributed by atoms with Gasteiger partial charge in [-0.1, -0.05) is 12.1 Å². The number of anilines is 1. The fourth-order valence-corrected chi connectivity index (χ4v) is 2.73. The van der Waals surface area contributed by atoms with Crippen molar-refractivity contribution in [3.8, 4) is 5.75 Å². The van der Waals surface area contributed by atoms with Gasteiger partial charge in [-0.2, -0.15) is 8.78 Å². The van der Waals surface area contributed by atoms with Crippen molar-refractivity contribution >= 4 is 11.6 Å². The second kappa shape index (κ2) is 7.70. The molecule has 23 heavy (non-hydrogen) atoms. The molecule has 7 heteroatoms. The smallest absolute Gasteiger partial charge is 0.387 e. The number of amides is 1. The number of hydrogen-bond donors (Lipinski definition) is 2. The summed E-state index contributed by atoms with van der Waals surface area (Å²) in [7, 11) is 0. The molecule has 1 aliphatic heterocycles. The molecule has 2 N–H and O–H groups in total. The largest absolute Gasteiger partial charge is 0.433 e. The maximum Gasteiger partial charge on any atom is 0.387 e. The van der Waals surface area contributed by atoms with Gasteiger partial charge >= 0.3 is 6.61 Å². The number of carbonyl (C=O) groups excluding carboxylic acids is 1. The van der Waals surface area contributed by atoms with Crippen molar-refractivity contribution in [2.24, 2.45) is 5.92 Å². The molecule has 3 atom stereocenters. The maximum atomic E-state index is 12.4. The van der Waals surface area contributed by atoms with Crippen LogP contribution in [0, 0.1) is 5.92 Å². The molecule has 1 amide bonds. The van der Waals surface area contributed by atoms with Crippen LogP contribution >= 0.6 is 0 Å². The third kappa shape index (κ3) is 4.62. The average molecular weight is 328 g/mol. The molecule has 5 nitrogen and oxygen atoms in total. The van der Waals surface area contributed by atoms with E-state index in [-0.39, 0.29) is 23.3 Å². The van der Waals surface area contributed by atoms with Crippen LogP contribution in [0.25, 0.3) is 0 Å². The SMILES string of the molecule is CC(O)C1CCN(C(C)C(=O)Nc2ccccc2OC(F)F)C1. The Bertz CT molecular complexity index is 540. The Balaban J connectivity index is 1.99. The van der Waals surface area contributed by atoms with Gasteiger partial charge in [0.15, 0.2) is 0 Å². The van der Waals surface area contributed by atoms with E-state index in [2.05, 4.69) is 10.1 Å². The zero-order chi connectivity index (χ0) is 17.0. The number of benzene rings is 1. The first-order chi connectivity index (χ1) is 10.9. The normalized spacial score (nSPS) is 21.2. The minimum Gasteiger partial charge on any atom is -0.433 e. The number of nitrogens with one attached hydrogen (secondary N) is 1. The predicted octanol–water partition coefficient (Wildman–Crippen LogP) is 2.32. The third-order valence-corrected chi connectivity index (χ3v) is 4.23. The van der Waals surface area contributed by atoms with Gasteiger partial charge in [0.1, 0.15) is 5.75 Å². The molecule has 0 spiro atoms. The first kappa shape index (κ1) is 17.6. The zero-order valence-electron chi connectivity index (χ0n) is 13.2.